The predicted octanol–water partition coefficient (Wildman–Crippen LogP) is 2.04. The molecule has 1 aliphatic rings. The first kappa shape index (κ1) is 8.69. The topological polar surface area (TPSA) is 50.2 Å². The number of rotatable bonds is 4. The lowest BCUT2D eigenvalue weighted by atomic mass is 10.3. The normalized spacial score (nSPS) is 16.0. The molecule has 0 atom stereocenters. The van der Waals surface area contributed by atoms with Gasteiger partial charge in [-0.25, -0.2) is 4.98 Å². The average Bonchev–Trinajstić information content (AvgIpc) is 2.83. The van der Waals surface area contributed by atoms with Gasteiger partial charge in [-0.1, -0.05) is 0 Å². The summed E-state index contributed by atoms with van der Waals surface area (Å²) in [4.78, 5) is 14.7. The summed E-state index contributed by atoms with van der Waals surface area (Å²) >= 11 is 1.59. The number of thiazole rings is 1. The van der Waals surface area contributed by atoms with Crippen LogP contribution in [0.4, 0.5) is 0 Å². The fraction of sp³-hybridized carbons (Fsp3) is 0.556. The highest BCUT2D eigenvalue weighted by Crippen LogP contribution is 2.40. The zero-order valence-electron chi connectivity index (χ0n) is 7.19. The standard InChI is InChI=1S/C9H11NO2S/c11-9(12)4-3-8-10-7(5-13-8)6-1-2-6/h5-6H,1-4H2,(H,11,12). The lowest BCUT2D eigenvalue weighted by molar-refractivity contribution is -0.136. The van der Waals surface area contributed by atoms with Crippen LogP contribution in [0.3, 0.4) is 0 Å². The van der Waals surface area contributed by atoms with E-state index in [0.29, 0.717) is 12.3 Å². The van der Waals surface area contributed by atoms with E-state index < -0.39 is 5.97 Å². The number of nitrogens with zero attached hydrogens (tertiary/aromatic N) is 1. The molecule has 1 aliphatic carbocycles. The van der Waals surface area contributed by atoms with Crippen LogP contribution in [0.15, 0.2) is 5.38 Å². The molecular weight excluding hydrogens is 186 g/mol. The maximum absolute atomic E-state index is 10.3. The Balaban J connectivity index is 1.92. The maximum atomic E-state index is 10.3. The van der Waals surface area contributed by atoms with Crippen LogP contribution in [-0.2, 0) is 11.2 Å². The highest BCUT2D eigenvalue weighted by Gasteiger charge is 2.25. The molecule has 1 N–H and O–H groups in total. The van der Waals surface area contributed by atoms with E-state index in [1.165, 1.54) is 18.5 Å². The quantitative estimate of drug-likeness (QED) is 0.803. The minimum Gasteiger partial charge on any atom is -0.481 e. The van der Waals surface area contributed by atoms with Crippen molar-refractivity contribution < 1.29 is 9.90 Å². The van der Waals surface area contributed by atoms with Gasteiger partial charge in [0, 0.05) is 17.7 Å². The van der Waals surface area contributed by atoms with Gasteiger partial charge in [0.15, 0.2) is 0 Å². The molecule has 1 saturated carbocycles. The van der Waals surface area contributed by atoms with Crippen molar-refractivity contribution in [2.45, 2.75) is 31.6 Å². The van der Waals surface area contributed by atoms with Crippen molar-refractivity contribution in [2.24, 2.45) is 0 Å². The Morgan fingerprint density at radius 3 is 3.08 bits per heavy atom. The number of aromatic nitrogens is 1. The Morgan fingerprint density at radius 1 is 1.69 bits per heavy atom. The van der Waals surface area contributed by atoms with E-state index in [9.17, 15) is 4.79 Å². The van der Waals surface area contributed by atoms with Gasteiger partial charge in [-0.3, -0.25) is 4.79 Å². The van der Waals surface area contributed by atoms with E-state index >= 15 is 0 Å². The van der Waals surface area contributed by atoms with E-state index in [4.69, 9.17) is 5.11 Å². The number of aliphatic carboxylic acids is 1. The van der Waals surface area contributed by atoms with Gasteiger partial charge < -0.3 is 5.11 Å². The predicted molar refractivity (Wildman–Crippen MR) is 50.0 cm³/mol. The highest BCUT2D eigenvalue weighted by atomic mass is 32.1. The van der Waals surface area contributed by atoms with Crippen LogP contribution in [0.1, 0.15) is 35.9 Å². The van der Waals surface area contributed by atoms with Gasteiger partial charge in [0.2, 0.25) is 0 Å². The summed E-state index contributed by atoms with van der Waals surface area (Å²) < 4.78 is 0. The lowest BCUT2D eigenvalue weighted by Crippen LogP contribution is -1.97. The van der Waals surface area contributed by atoms with Crippen LogP contribution in [0, 0.1) is 0 Å². The molecule has 0 amide bonds. The number of hydrogen-bond acceptors (Lipinski definition) is 3. The molecule has 0 radical (unpaired) electrons. The molecule has 4 heteroatoms. The molecule has 2 rings (SSSR count). The summed E-state index contributed by atoms with van der Waals surface area (Å²) in [7, 11) is 0. The second kappa shape index (κ2) is 3.46. The third-order valence-electron chi connectivity index (χ3n) is 2.12. The first-order valence-corrected chi connectivity index (χ1v) is 5.30. The summed E-state index contributed by atoms with van der Waals surface area (Å²) in [6.45, 7) is 0. The Kier molecular flexibility index (Phi) is 2.31. The summed E-state index contributed by atoms with van der Waals surface area (Å²) in [5.74, 6) is -0.0713. The zero-order chi connectivity index (χ0) is 9.26. The fourth-order valence-electron chi connectivity index (χ4n) is 1.22. The van der Waals surface area contributed by atoms with Crippen LogP contribution in [0.25, 0.3) is 0 Å². The van der Waals surface area contributed by atoms with Gasteiger partial charge in [-0.15, -0.1) is 11.3 Å². The molecule has 0 unspecified atom stereocenters. The van der Waals surface area contributed by atoms with Gasteiger partial charge in [0.25, 0.3) is 0 Å². The lowest BCUT2D eigenvalue weighted by Gasteiger charge is -1.90. The molecule has 0 bridgehead atoms. The first-order valence-electron chi connectivity index (χ1n) is 4.42. The molecule has 1 heterocycles. The summed E-state index contributed by atoms with van der Waals surface area (Å²) in [5, 5.41) is 11.5. The average molecular weight is 197 g/mol. The largest absolute Gasteiger partial charge is 0.481 e. The third kappa shape index (κ3) is 2.28. The van der Waals surface area contributed by atoms with Crippen LogP contribution in [-0.4, -0.2) is 16.1 Å². The van der Waals surface area contributed by atoms with Crippen molar-refractivity contribution >= 4 is 17.3 Å². The number of carboxylic acids is 1. The summed E-state index contributed by atoms with van der Waals surface area (Å²) in [6, 6.07) is 0. The number of aryl methyl sites for hydroxylation is 1. The van der Waals surface area contributed by atoms with Crippen LogP contribution in [0.5, 0.6) is 0 Å². The van der Waals surface area contributed by atoms with Crippen molar-refractivity contribution in [3.63, 3.8) is 0 Å². The monoisotopic (exact) mass is 197 g/mol. The Morgan fingerprint density at radius 2 is 2.46 bits per heavy atom. The molecule has 0 aliphatic heterocycles. The highest BCUT2D eigenvalue weighted by molar-refractivity contribution is 7.09. The molecule has 0 saturated heterocycles. The van der Waals surface area contributed by atoms with Crippen LogP contribution >= 0.6 is 11.3 Å². The molecule has 0 aromatic carbocycles. The van der Waals surface area contributed by atoms with Crippen molar-refractivity contribution in [3.8, 4) is 0 Å². The minimum atomic E-state index is -0.747. The molecule has 0 spiro atoms. The third-order valence-corrected chi connectivity index (χ3v) is 3.04. The van der Waals surface area contributed by atoms with E-state index in [2.05, 4.69) is 10.4 Å². The Bertz CT molecular complexity index is 317. The zero-order valence-corrected chi connectivity index (χ0v) is 8.01. The van der Waals surface area contributed by atoms with E-state index in [-0.39, 0.29) is 6.42 Å². The maximum Gasteiger partial charge on any atom is 0.303 e. The van der Waals surface area contributed by atoms with E-state index in [1.807, 2.05) is 0 Å². The van der Waals surface area contributed by atoms with Crippen molar-refractivity contribution in [1.29, 1.82) is 0 Å². The first-order chi connectivity index (χ1) is 6.25. The van der Waals surface area contributed by atoms with Crippen molar-refractivity contribution in [1.82, 2.24) is 4.98 Å². The van der Waals surface area contributed by atoms with Gasteiger partial charge in [-0.2, -0.15) is 0 Å². The number of hydrogen-bond donors (Lipinski definition) is 1. The van der Waals surface area contributed by atoms with Gasteiger partial charge in [-0.05, 0) is 12.8 Å². The second-order valence-corrected chi connectivity index (χ2v) is 4.28. The Labute approximate surface area is 80.4 Å². The van der Waals surface area contributed by atoms with E-state index in [0.717, 1.165) is 5.01 Å². The summed E-state index contributed by atoms with van der Waals surface area (Å²) in [6.07, 6.45) is 3.27. The molecule has 70 valence electrons. The minimum absolute atomic E-state index is 0.192. The molecule has 1 fully saturated rings. The van der Waals surface area contributed by atoms with Gasteiger partial charge >= 0.3 is 5.97 Å². The van der Waals surface area contributed by atoms with Gasteiger partial charge in [0.05, 0.1) is 17.1 Å². The van der Waals surface area contributed by atoms with Gasteiger partial charge in [0.1, 0.15) is 0 Å². The van der Waals surface area contributed by atoms with Crippen molar-refractivity contribution in [3.05, 3.63) is 16.1 Å². The van der Waals surface area contributed by atoms with Crippen molar-refractivity contribution in [2.75, 3.05) is 0 Å². The Hall–Kier alpha value is -0.900. The molecule has 13 heavy (non-hydrogen) atoms. The number of carboxylic acid groups (broad SMARTS) is 1. The molecule has 1 aromatic heterocycles. The smallest absolute Gasteiger partial charge is 0.303 e. The molecule has 1 aromatic rings. The fourth-order valence-corrected chi connectivity index (χ4v) is 2.10. The van der Waals surface area contributed by atoms with Crippen LogP contribution < -0.4 is 0 Å². The number of carbonyl (C=O) groups is 1. The SMILES string of the molecule is O=C(O)CCc1nc(C2CC2)cs1. The summed E-state index contributed by atoms with van der Waals surface area (Å²) in [5.41, 5.74) is 1.17. The molecule has 3 nitrogen and oxygen atoms in total. The molecular formula is C9H11NO2S. The second-order valence-electron chi connectivity index (χ2n) is 3.33. The van der Waals surface area contributed by atoms with E-state index in [1.54, 1.807) is 11.3 Å². The van der Waals surface area contributed by atoms with Crippen LogP contribution in [0.2, 0.25) is 0 Å².